The minimum atomic E-state index is -4.26. The summed E-state index contributed by atoms with van der Waals surface area (Å²) >= 11 is 0. The Kier molecular flexibility index (Phi) is 6.70. The maximum Gasteiger partial charge on any atom is 1.00 e. The summed E-state index contributed by atoms with van der Waals surface area (Å²) in [4.78, 5) is -0.198. The van der Waals surface area contributed by atoms with E-state index in [2.05, 4.69) is 0 Å². The third-order valence-electron chi connectivity index (χ3n) is 2.10. The second kappa shape index (κ2) is 6.54. The van der Waals surface area contributed by atoms with Crippen LogP contribution in [0.5, 0.6) is 5.75 Å². The van der Waals surface area contributed by atoms with E-state index in [-0.39, 0.29) is 72.6 Å². The van der Waals surface area contributed by atoms with Gasteiger partial charge in [0.05, 0.1) is 0 Å². The zero-order chi connectivity index (χ0) is 11.1. The number of aromatic hydroxyl groups is 1. The van der Waals surface area contributed by atoms with E-state index in [1.165, 1.54) is 24.3 Å². The molecule has 0 aliphatic rings. The van der Waals surface area contributed by atoms with Gasteiger partial charge >= 0.3 is 59.1 Å². The molecule has 0 spiro atoms. The van der Waals surface area contributed by atoms with Crippen molar-refractivity contribution in [3.63, 3.8) is 0 Å². The van der Waals surface area contributed by atoms with Crippen molar-refractivity contribution in [2.24, 2.45) is 0 Å². The molecule has 0 amide bonds. The van der Waals surface area contributed by atoms with E-state index in [4.69, 9.17) is 4.55 Å². The molecule has 0 bridgehead atoms. The van der Waals surface area contributed by atoms with Gasteiger partial charge < -0.3 is 7.96 Å². The smallest absolute Gasteiger partial charge is 1.00 e. The Bertz CT molecular complexity index is 634. The van der Waals surface area contributed by atoms with Crippen LogP contribution in [0.25, 0.3) is 10.8 Å². The molecule has 0 saturated carbocycles. The molecule has 0 aliphatic heterocycles. The normalized spacial score (nSPS) is 10.4. The quantitative estimate of drug-likeness (QED) is 0.410. The van der Waals surface area contributed by atoms with Crippen LogP contribution in [0.1, 0.15) is 2.85 Å². The van der Waals surface area contributed by atoms with Crippen LogP contribution in [0.15, 0.2) is 41.3 Å². The van der Waals surface area contributed by atoms with Gasteiger partial charge in [-0.25, -0.2) is 0 Å². The van der Waals surface area contributed by atoms with Crippen molar-refractivity contribution in [2.75, 3.05) is 0 Å². The molecule has 0 aromatic heterocycles. The van der Waals surface area contributed by atoms with Crippen LogP contribution in [0, 0.1) is 0 Å². The Morgan fingerprint density at radius 1 is 1.06 bits per heavy atom. The molecule has 82 valence electrons. The Morgan fingerprint density at radius 2 is 1.71 bits per heavy atom. The summed E-state index contributed by atoms with van der Waals surface area (Å²) in [7, 11) is -4.26. The molecule has 2 N–H and O–H groups in total. The number of benzene rings is 2. The minimum Gasteiger partial charge on any atom is -1.00 e. The number of rotatable bonds is 1. The van der Waals surface area contributed by atoms with E-state index in [1.54, 1.807) is 12.1 Å². The SMILES string of the molecule is O=S(=O)(O)c1cccc2ccc(O)cc12.[H-].[H-].[Na+].[Na+]. The van der Waals surface area contributed by atoms with Gasteiger partial charge in [0, 0.05) is 5.39 Å². The van der Waals surface area contributed by atoms with Crippen molar-refractivity contribution in [2.45, 2.75) is 4.90 Å². The maximum absolute atomic E-state index is 11.0. The molecule has 0 unspecified atom stereocenters. The summed E-state index contributed by atoms with van der Waals surface area (Å²) in [5.74, 6) is -0.0430. The summed E-state index contributed by atoms with van der Waals surface area (Å²) < 4.78 is 31.0. The van der Waals surface area contributed by atoms with E-state index in [0.717, 1.165) is 0 Å². The van der Waals surface area contributed by atoms with Gasteiger partial charge in [-0.15, -0.1) is 0 Å². The monoisotopic (exact) mass is 272 g/mol. The van der Waals surface area contributed by atoms with Crippen molar-refractivity contribution in [3.8, 4) is 5.75 Å². The molecule has 7 heteroatoms. The van der Waals surface area contributed by atoms with E-state index in [9.17, 15) is 13.5 Å². The average molecular weight is 272 g/mol. The number of hydrogen-bond donors (Lipinski definition) is 2. The Morgan fingerprint density at radius 3 is 2.29 bits per heavy atom. The van der Waals surface area contributed by atoms with Gasteiger partial charge in [-0.2, -0.15) is 8.42 Å². The molecule has 4 nitrogen and oxygen atoms in total. The van der Waals surface area contributed by atoms with Crippen molar-refractivity contribution in [1.29, 1.82) is 0 Å². The molecule has 2 rings (SSSR count). The predicted octanol–water partition coefficient (Wildman–Crippen LogP) is -3.97. The third-order valence-corrected chi connectivity index (χ3v) is 3.02. The van der Waals surface area contributed by atoms with Gasteiger partial charge in [0.2, 0.25) is 0 Å². The summed E-state index contributed by atoms with van der Waals surface area (Å²) in [6, 6.07) is 8.86. The zero-order valence-corrected chi connectivity index (χ0v) is 14.4. The summed E-state index contributed by atoms with van der Waals surface area (Å²) in [5, 5.41) is 10.2. The molecular weight excluding hydrogens is 262 g/mol. The largest absolute Gasteiger partial charge is 1.00 e. The molecule has 0 fully saturated rings. The Labute approximate surface area is 146 Å². The first-order valence-electron chi connectivity index (χ1n) is 4.18. The van der Waals surface area contributed by atoms with Gasteiger partial charge in [0.1, 0.15) is 10.6 Å². The van der Waals surface area contributed by atoms with Crippen LogP contribution >= 0.6 is 0 Å². The second-order valence-electron chi connectivity index (χ2n) is 3.14. The maximum atomic E-state index is 11.0. The fourth-order valence-corrected chi connectivity index (χ4v) is 2.16. The molecule has 2 aromatic rings. The van der Waals surface area contributed by atoms with Crippen LogP contribution in [0.4, 0.5) is 0 Å². The molecular formula is C10H10Na2O4S. The molecule has 0 heterocycles. The average Bonchev–Trinajstić information content (AvgIpc) is 2.15. The van der Waals surface area contributed by atoms with E-state index < -0.39 is 10.1 Å². The van der Waals surface area contributed by atoms with Crippen LogP contribution in [0.2, 0.25) is 0 Å². The minimum absolute atomic E-state index is 0. The van der Waals surface area contributed by atoms with E-state index in [1.807, 2.05) is 0 Å². The number of hydrogen-bond acceptors (Lipinski definition) is 3. The van der Waals surface area contributed by atoms with Crippen molar-refractivity contribution in [1.82, 2.24) is 0 Å². The van der Waals surface area contributed by atoms with Crippen LogP contribution in [-0.2, 0) is 10.1 Å². The molecule has 2 aromatic carbocycles. The second-order valence-corrected chi connectivity index (χ2v) is 4.53. The van der Waals surface area contributed by atoms with Crippen molar-refractivity contribution >= 4 is 20.9 Å². The van der Waals surface area contributed by atoms with Crippen molar-refractivity contribution < 1.29 is 80.0 Å². The van der Waals surface area contributed by atoms with Crippen LogP contribution in [-0.4, -0.2) is 18.1 Å². The molecule has 0 aliphatic carbocycles. The predicted molar refractivity (Wildman–Crippen MR) is 57.7 cm³/mol. The number of phenols is 1. The van der Waals surface area contributed by atoms with Gasteiger partial charge in [0.25, 0.3) is 10.1 Å². The summed E-state index contributed by atoms with van der Waals surface area (Å²) in [6.45, 7) is 0. The molecule has 0 atom stereocenters. The Balaban J connectivity index is -0.000000640. The molecule has 0 radical (unpaired) electrons. The zero-order valence-electron chi connectivity index (χ0n) is 11.6. The summed E-state index contributed by atoms with van der Waals surface area (Å²) in [6.07, 6.45) is 0. The standard InChI is InChI=1S/C10H8O4S.2Na.2H/c11-8-5-4-7-2-1-3-10(9(7)6-8)15(12,13)14;;;;/h1-6,11H,(H,12,13,14);;;;/q;2*+1;2*-1. The van der Waals surface area contributed by atoms with Gasteiger partial charge in [-0.05, 0) is 23.6 Å². The fourth-order valence-electron chi connectivity index (χ4n) is 1.46. The van der Waals surface area contributed by atoms with Gasteiger partial charge in [-0.1, -0.05) is 18.2 Å². The van der Waals surface area contributed by atoms with Gasteiger partial charge in [-0.3, -0.25) is 4.55 Å². The Hall–Kier alpha value is 0.410. The first kappa shape index (κ1) is 17.4. The molecule has 0 saturated heterocycles. The van der Waals surface area contributed by atoms with Gasteiger partial charge in [0.15, 0.2) is 0 Å². The number of phenolic OH excluding ortho intramolecular Hbond substituents is 1. The molecule has 17 heavy (non-hydrogen) atoms. The first-order valence-corrected chi connectivity index (χ1v) is 5.62. The number of fused-ring (bicyclic) bond motifs is 1. The van der Waals surface area contributed by atoms with E-state index >= 15 is 0 Å². The fraction of sp³-hybridized carbons (Fsp3) is 0. The van der Waals surface area contributed by atoms with Crippen LogP contribution in [0.3, 0.4) is 0 Å². The van der Waals surface area contributed by atoms with Crippen LogP contribution < -0.4 is 59.1 Å². The summed E-state index contributed by atoms with van der Waals surface area (Å²) in [5.41, 5.74) is 0. The van der Waals surface area contributed by atoms with Crippen molar-refractivity contribution in [3.05, 3.63) is 36.4 Å². The van der Waals surface area contributed by atoms with E-state index in [0.29, 0.717) is 10.8 Å². The topological polar surface area (TPSA) is 74.6 Å². The third kappa shape index (κ3) is 3.94. The first-order chi connectivity index (χ1) is 6.98.